The second kappa shape index (κ2) is 5.02. The van der Waals surface area contributed by atoms with Crippen LogP contribution in [0.4, 0.5) is 0 Å². The molecule has 3 nitrogen and oxygen atoms in total. The number of hydrogen-bond acceptors (Lipinski definition) is 3. The van der Waals surface area contributed by atoms with Crippen LogP contribution in [0.3, 0.4) is 0 Å². The van der Waals surface area contributed by atoms with Gasteiger partial charge < -0.3 is 9.73 Å². The van der Waals surface area contributed by atoms with Crippen LogP contribution in [0, 0.1) is 0 Å². The zero-order chi connectivity index (χ0) is 11.5. The van der Waals surface area contributed by atoms with Crippen LogP contribution in [0.1, 0.15) is 38.2 Å². The van der Waals surface area contributed by atoms with Gasteiger partial charge in [0.25, 0.3) is 0 Å². The second-order valence-electron chi connectivity index (χ2n) is 5.05. The average molecular weight is 222 g/mol. The van der Waals surface area contributed by atoms with E-state index in [-0.39, 0.29) is 0 Å². The van der Waals surface area contributed by atoms with E-state index in [0.717, 1.165) is 30.7 Å². The van der Waals surface area contributed by atoms with Gasteiger partial charge in [-0.3, -0.25) is 4.90 Å². The molecule has 0 spiro atoms. The summed E-state index contributed by atoms with van der Waals surface area (Å²) >= 11 is 0. The van der Waals surface area contributed by atoms with E-state index in [1.165, 1.54) is 12.8 Å². The third-order valence-corrected chi connectivity index (χ3v) is 2.98. The predicted molar refractivity (Wildman–Crippen MR) is 65.2 cm³/mol. The van der Waals surface area contributed by atoms with Crippen LogP contribution >= 0.6 is 0 Å². The highest BCUT2D eigenvalue weighted by Gasteiger charge is 2.26. The summed E-state index contributed by atoms with van der Waals surface area (Å²) in [5, 5.41) is 3.36. The maximum atomic E-state index is 5.78. The lowest BCUT2D eigenvalue weighted by Gasteiger charge is -2.13. The van der Waals surface area contributed by atoms with Gasteiger partial charge in [0.1, 0.15) is 11.5 Å². The summed E-state index contributed by atoms with van der Waals surface area (Å²) in [5.74, 6) is 2.11. The van der Waals surface area contributed by atoms with E-state index < -0.39 is 0 Å². The highest BCUT2D eigenvalue weighted by molar-refractivity contribution is 5.07. The first-order valence-corrected chi connectivity index (χ1v) is 6.16. The fourth-order valence-corrected chi connectivity index (χ4v) is 1.80. The van der Waals surface area contributed by atoms with Crippen LogP contribution in [0.25, 0.3) is 0 Å². The van der Waals surface area contributed by atoms with Gasteiger partial charge in [0.05, 0.1) is 13.1 Å². The maximum Gasteiger partial charge on any atom is 0.118 e. The molecule has 1 N–H and O–H groups in total. The lowest BCUT2D eigenvalue weighted by Crippen LogP contribution is -2.21. The zero-order valence-electron chi connectivity index (χ0n) is 10.5. The van der Waals surface area contributed by atoms with Crippen molar-refractivity contribution in [1.29, 1.82) is 0 Å². The Morgan fingerprint density at radius 2 is 2.06 bits per heavy atom. The van der Waals surface area contributed by atoms with Crippen LogP contribution in [0.15, 0.2) is 16.5 Å². The van der Waals surface area contributed by atoms with Crippen molar-refractivity contribution in [2.24, 2.45) is 0 Å². The zero-order valence-corrected chi connectivity index (χ0v) is 10.5. The van der Waals surface area contributed by atoms with Crippen LogP contribution in [-0.4, -0.2) is 24.0 Å². The van der Waals surface area contributed by atoms with E-state index in [0.29, 0.717) is 6.04 Å². The summed E-state index contributed by atoms with van der Waals surface area (Å²) in [4.78, 5) is 2.37. The molecule has 90 valence electrons. The molecule has 0 saturated heterocycles. The molecule has 0 aromatic carbocycles. The van der Waals surface area contributed by atoms with Gasteiger partial charge in [0, 0.05) is 12.1 Å². The molecule has 1 saturated carbocycles. The molecule has 1 aromatic heterocycles. The molecule has 0 bridgehead atoms. The lowest BCUT2D eigenvalue weighted by atomic mass is 10.3. The van der Waals surface area contributed by atoms with E-state index in [4.69, 9.17) is 4.42 Å². The summed E-state index contributed by atoms with van der Waals surface area (Å²) in [5.41, 5.74) is 0. The van der Waals surface area contributed by atoms with Gasteiger partial charge in [-0.2, -0.15) is 0 Å². The molecule has 0 unspecified atom stereocenters. The third kappa shape index (κ3) is 3.35. The van der Waals surface area contributed by atoms with E-state index >= 15 is 0 Å². The molecule has 1 aliphatic rings. The SMILES string of the molecule is CC(C)NCc1ccc(CN(C)C2CC2)o1. The summed E-state index contributed by atoms with van der Waals surface area (Å²) in [6.07, 6.45) is 2.69. The molecule has 16 heavy (non-hydrogen) atoms. The topological polar surface area (TPSA) is 28.4 Å². The molecule has 0 radical (unpaired) electrons. The van der Waals surface area contributed by atoms with Crippen molar-refractivity contribution in [3.8, 4) is 0 Å². The number of nitrogens with zero attached hydrogens (tertiary/aromatic N) is 1. The highest BCUT2D eigenvalue weighted by Crippen LogP contribution is 2.26. The molecule has 0 aliphatic heterocycles. The van der Waals surface area contributed by atoms with Crippen LogP contribution in [0.2, 0.25) is 0 Å². The molecule has 3 heteroatoms. The monoisotopic (exact) mass is 222 g/mol. The standard InChI is InChI=1S/C13H22N2O/c1-10(2)14-8-12-6-7-13(16-12)9-15(3)11-4-5-11/h6-7,10-11,14H,4-5,8-9H2,1-3H3. The van der Waals surface area contributed by atoms with E-state index in [1.54, 1.807) is 0 Å². The Labute approximate surface area is 97.8 Å². The van der Waals surface area contributed by atoms with Crippen molar-refractivity contribution in [2.45, 2.75) is 51.9 Å². The lowest BCUT2D eigenvalue weighted by molar-refractivity contribution is 0.280. The summed E-state index contributed by atoms with van der Waals surface area (Å²) in [6.45, 7) is 6.05. The summed E-state index contributed by atoms with van der Waals surface area (Å²) in [6, 6.07) is 5.46. The van der Waals surface area contributed by atoms with Gasteiger partial charge in [-0.15, -0.1) is 0 Å². The minimum atomic E-state index is 0.502. The highest BCUT2D eigenvalue weighted by atomic mass is 16.3. The largest absolute Gasteiger partial charge is 0.463 e. The second-order valence-corrected chi connectivity index (χ2v) is 5.05. The average Bonchev–Trinajstić information content (AvgIpc) is 2.98. The predicted octanol–water partition coefficient (Wildman–Crippen LogP) is 2.37. The Balaban J connectivity index is 1.81. The van der Waals surface area contributed by atoms with Gasteiger partial charge in [-0.25, -0.2) is 0 Å². The molecule has 1 aliphatic carbocycles. The third-order valence-electron chi connectivity index (χ3n) is 2.98. The Kier molecular flexibility index (Phi) is 3.66. The molecule has 0 amide bonds. The minimum Gasteiger partial charge on any atom is -0.463 e. The van der Waals surface area contributed by atoms with Gasteiger partial charge in [-0.05, 0) is 32.0 Å². The van der Waals surface area contributed by atoms with Crippen molar-refractivity contribution in [2.75, 3.05) is 7.05 Å². The molecular weight excluding hydrogens is 200 g/mol. The molecular formula is C13H22N2O. The number of nitrogens with one attached hydrogen (secondary N) is 1. The number of hydrogen-bond donors (Lipinski definition) is 1. The fourth-order valence-electron chi connectivity index (χ4n) is 1.80. The molecule has 1 fully saturated rings. The Hall–Kier alpha value is -0.800. The van der Waals surface area contributed by atoms with Gasteiger partial charge in [-0.1, -0.05) is 13.8 Å². The first-order valence-electron chi connectivity index (χ1n) is 6.16. The van der Waals surface area contributed by atoms with Crippen LogP contribution in [-0.2, 0) is 13.1 Å². The molecule has 1 aromatic rings. The van der Waals surface area contributed by atoms with Gasteiger partial charge in [0.2, 0.25) is 0 Å². The van der Waals surface area contributed by atoms with Crippen molar-refractivity contribution < 1.29 is 4.42 Å². The molecule has 0 atom stereocenters. The van der Waals surface area contributed by atoms with E-state index in [1.807, 2.05) is 0 Å². The number of rotatable bonds is 6. The molecule has 2 rings (SSSR count). The van der Waals surface area contributed by atoms with Crippen LogP contribution in [0.5, 0.6) is 0 Å². The molecule has 1 heterocycles. The maximum absolute atomic E-state index is 5.78. The number of furan rings is 1. The Morgan fingerprint density at radius 1 is 1.38 bits per heavy atom. The van der Waals surface area contributed by atoms with Gasteiger partial charge in [0.15, 0.2) is 0 Å². The first-order chi connectivity index (χ1) is 7.65. The van der Waals surface area contributed by atoms with Crippen molar-refractivity contribution in [3.63, 3.8) is 0 Å². The fraction of sp³-hybridized carbons (Fsp3) is 0.692. The Bertz CT molecular complexity index is 328. The first kappa shape index (κ1) is 11.7. The Morgan fingerprint density at radius 3 is 2.69 bits per heavy atom. The normalized spacial score (nSPS) is 16.3. The minimum absolute atomic E-state index is 0.502. The van der Waals surface area contributed by atoms with Gasteiger partial charge >= 0.3 is 0 Å². The summed E-state index contributed by atoms with van der Waals surface area (Å²) < 4.78 is 5.78. The van der Waals surface area contributed by atoms with E-state index in [2.05, 4.69) is 43.2 Å². The quantitative estimate of drug-likeness (QED) is 0.801. The van der Waals surface area contributed by atoms with Crippen molar-refractivity contribution >= 4 is 0 Å². The van der Waals surface area contributed by atoms with Crippen molar-refractivity contribution in [1.82, 2.24) is 10.2 Å². The summed E-state index contributed by atoms with van der Waals surface area (Å²) in [7, 11) is 2.17. The van der Waals surface area contributed by atoms with Crippen molar-refractivity contribution in [3.05, 3.63) is 23.7 Å². The van der Waals surface area contributed by atoms with Crippen LogP contribution < -0.4 is 5.32 Å². The van der Waals surface area contributed by atoms with E-state index in [9.17, 15) is 0 Å². The smallest absolute Gasteiger partial charge is 0.118 e.